The van der Waals surface area contributed by atoms with Crippen LogP contribution in [0.4, 0.5) is 5.13 Å². The van der Waals surface area contributed by atoms with Gasteiger partial charge in [0.2, 0.25) is 21.8 Å². The first-order valence-electron chi connectivity index (χ1n) is 13.4. The number of thiazole rings is 1. The van der Waals surface area contributed by atoms with E-state index in [1.807, 2.05) is 0 Å². The molecule has 0 radical (unpaired) electrons. The molecule has 0 spiro atoms. The minimum atomic E-state index is -3.74. The summed E-state index contributed by atoms with van der Waals surface area (Å²) >= 11 is 1.28. The highest BCUT2D eigenvalue weighted by Crippen LogP contribution is 2.36. The number of aliphatic carboxylic acids is 1. The zero-order valence-electron chi connectivity index (χ0n) is 22.3. The van der Waals surface area contributed by atoms with Crippen molar-refractivity contribution < 1.29 is 27.9 Å². The quantitative estimate of drug-likeness (QED) is 0.365. The number of carboxylic acid groups (broad SMARTS) is 1. The van der Waals surface area contributed by atoms with Gasteiger partial charge in [-0.3, -0.25) is 14.5 Å². The Morgan fingerprint density at radius 2 is 1.77 bits per heavy atom. The summed E-state index contributed by atoms with van der Waals surface area (Å²) in [7, 11) is -2.19. The van der Waals surface area contributed by atoms with Gasteiger partial charge in [0.15, 0.2) is 5.13 Å². The number of anilines is 1. The monoisotopic (exact) mass is 587 g/mol. The molecule has 214 valence electrons. The fourth-order valence-electron chi connectivity index (χ4n) is 5.47. The maximum Gasteiger partial charge on any atom is 0.317 e. The van der Waals surface area contributed by atoms with Gasteiger partial charge < -0.3 is 15.2 Å². The van der Waals surface area contributed by atoms with E-state index in [4.69, 9.17) is 9.84 Å². The van der Waals surface area contributed by atoms with E-state index in [9.17, 15) is 18.0 Å². The molecule has 5 rings (SSSR count). The molecule has 1 aliphatic carbocycles. The lowest BCUT2D eigenvalue weighted by molar-refractivity contribution is -0.138. The summed E-state index contributed by atoms with van der Waals surface area (Å²) in [5.41, 5.74) is 1.43. The number of nitrogens with one attached hydrogen (secondary N) is 1. The van der Waals surface area contributed by atoms with Gasteiger partial charge in [-0.15, -0.1) is 0 Å². The van der Waals surface area contributed by atoms with Gasteiger partial charge in [-0.1, -0.05) is 49.2 Å². The van der Waals surface area contributed by atoms with Crippen molar-refractivity contribution >= 4 is 48.7 Å². The SMILES string of the molecule is COc1ccc2nc(NC(=O)C(CC3CCCC3)c3ccc(S(=O)(=O)N4CCN(CC(=O)O)CC4)cc3)sc2n1. The van der Waals surface area contributed by atoms with Crippen LogP contribution < -0.4 is 10.1 Å². The molecule has 11 nitrogen and oxygen atoms in total. The Hall–Kier alpha value is -3.13. The highest BCUT2D eigenvalue weighted by atomic mass is 32.2. The summed E-state index contributed by atoms with van der Waals surface area (Å²) in [5.74, 6) is -0.645. The van der Waals surface area contributed by atoms with Gasteiger partial charge in [-0.25, -0.2) is 18.4 Å². The molecule has 1 saturated heterocycles. The van der Waals surface area contributed by atoms with Crippen LogP contribution in [0.1, 0.15) is 43.6 Å². The van der Waals surface area contributed by atoms with E-state index in [1.54, 1.807) is 48.4 Å². The first kappa shape index (κ1) is 28.4. The molecule has 13 heteroatoms. The fourth-order valence-corrected chi connectivity index (χ4v) is 7.73. The standard InChI is InChI=1S/C27H33N5O6S2/c1-38-23-11-10-22-26(29-23)39-27(28-22)30-25(35)21(16-18-4-2-3-5-18)19-6-8-20(9-7-19)40(36,37)32-14-12-31(13-15-32)17-24(33)34/h6-11,18,21H,2-5,12-17H2,1H3,(H,33,34)(H,28,30,35). The zero-order valence-corrected chi connectivity index (χ0v) is 23.9. The molecule has 1 aliphatic heterocycles. The molecule has 2 N–H and O–H groups in total. The minimum Gasteiger partial charge on any atom is -0.481 e. The van der Waals surface area contributed by atoms with E-state index in [0.717, 1.165) is 31.2 Å². The van der Waals surface area contributed by atoms with Crippen molar-refractivity contribution in [1.29, 1.82) is 0 Å². The van der Waals surface area contributed by atoms with Gasteiger partial charge in [-0.05, 0) is 36.1 Å². The van der Waals surface area contributed by atoms with Gasteiger partial charge in [0, 0.05) is 32.2 Å². The van der Waals surface area contributed by atoms with Gasteiger partial charge in [0.25, 0.3) is 0 Å². The average molecular weight is 588 g/mol. The van der Waals surface area contributed by atoms with Crippen LogP contribution in [0.3, 0.4) is 0 Å². The van der Waals surface area contributed by atoms with E-state index in [2.05, 4.69) is 15.3 Å². The first-order chi connectivity index (χ1) is 19.2. The first-order valence-corrected chi connectivity index (χ1v) is 15.7. The zero-order chi connectivity index (χ0) is 28.3. The lowest BCUT2D eigenvalue weighted by Gasteiger charge is -2.33. The topological polar surface area (TPSA) is 142 Å². The highest BCUT2D eigenvalue weighted by Gasteiger charge is 2.31. The molecule has 40 heavy (non-hydrogen) atoms. The van der Waals surface area contributed by atoms with Crippen molar-refractivity contribution in [3.8, 4) is 5.88 Å². The Morgan fingerprint density at radius 1 is 1.07 bits per heavy atom. The number of sulfonamides is 1. The van der Waals surface area contributed by atoms with Crippen molar-refractivity contribution in [2.45, 2.75) is 42.9 Å². The number of piperazine rings is 1. The number of hydrogen-bond acceptors (Lipinski definition) is 9. The maximum absolute atomic E-state index is 13.6. The number of hydrogen-bond donors (Lipinski definition) is 2. The summed E-state index contributed by atoms with van der Waals surface area (Å²) < 4.78 is 33.1. The second-order valence-corrected chi connectivity index (χ2v) is 13.2. The molecule has 1 atom stereocenters. The number of carbonyl (C=O) groups excluding carboxylic acids is 1. The number of carboxylic acids is 1. The van der Waals surface area contributed by atoms with Gasteiger partial charge in [0.1, 0.15) is 10.3 Å². The predicted octanol–water partition coefficient (Wildman–Crippen LogP) is 3.39. The third kappa shape index (κ3) is 6.43. The lowest BCUT2D eigenvalue weighted by atomic mass is 9.87. The Balaban J connectivity index is 1.32. The van der Waals surface area contributed by atoms with Gasteiger partial charge in [-0.2, -0.15) is 4.31 Å². The van der Waals surface area contributed by atoms with E-state index in [-0.39, 0.29) is 30.4 Å². The molecular formula is C27H33N5O6S2. The van der Waals surface area contributed by atoms with Crippen molar-refractivity contribution in [3.05, 3.63) is 42.0 Å². The normalized spacial score (nSPS) is 18.1. The van der Waals surface area contributed by atoms with E-state index in [1.165, 1.54) is 15.6 Å². The van der Waals surface area contributed by atoms with E-state index < -0.39 is 21.9 Å². The third-order valence-electron chi connectivity index (χ3n) is 7.64. The summed E-state index contributed by atoms with van der Waals surface area (Å²) in [6.07, 6.45) is 5.15. The predicted molar refractivity (Wildman–Crippen MR) is 151 cm³/mol. The number of benzene rings is 1. The van der Waals surface area contributed by atoms with E-state index in [0.29, 0.717) is 46.8 Å². The number of amides is 1. The number of pyridine rings is 1. The summed E-state index contributed by atoms with van der Waals surface area (Å²) in [5, 5.41) is 12.4. The number of nitrogens with zero attached hydrogens (tertiary/aromatic N) is 4. The Labute approximate surface area is 237 Å². The number of ether oxygens (including phenoxy) is 1. The number of aromatic nitrogens is 2. The molecule has 0 bridgehead atoms. The van der Waals surface area contributed by atoms with Gasteiger partial charge in [0.05, 0.1) is 24.5 Å². The van der Waals surface area contributed by atoms with Crippen LogP contribution >= 0.6 is 11.3 Å². The number of fused-ring (bicyclic) bond motifs is 1. The average Bonchev–Trinajstić information content (AvgIpc) is 3.60. The third-order valence-corrected chi connectivity index (χ3v) is 10.4. The molecular weight excluding hydrogens is 554 g/mol. The summed E-state index contributed by atoms with van der Waals surface area (Å²) in [4.78, 5) is 36.0. The molecule has 2 aliphatic rings. The number of rotatable bonds is 10. The Morgan fingerprint density at radius 3 is 2.42 bits per heavy atom. The minimum absolute atomic E-state index is 0.102. The lowest BCUT2D eigenvalue weighted by Crippen LogP contribution is -2.49. The molecule has 2 aromatic heterocycles. The molecule has 3 aromatic rings. The van der Waals surface area contributed by atoms with Crippen molar-refractivity contribution in [2.24, 2.45) is 5.92 Å². The smallest absolute Gasteiger partial charge is 0.317 e. The molecule has 1 aromatic carbocycles. The summed E-state index contributed by atoms with van der Waals surface area (Å²) in [6.45, 7) is 1.08. The maximum atomic E-state index is 13.6. The van der Waals surface area contributed by atoms with Crippen LogP contribution in [0.5, 0.6) is 5.88 Å². The highest BCUT2D eigenvalue weighted by molar-refractivity contribution is 7.89. The Kier molecular flexibility index (Phi) is 8.64. The number of carbonyl (C=O) groups is 2. The van der Waals surface area contributed by atoms with Crippen molar-refractivity contribution in [3.63, 3.8) is 0 Å². The van der Waals surface area contributed by atoms with Crippen LogP contribution in [-0.2, 0) is 19.6 Å². The second kappa shape index (κ2) is 12.2. The molecule has 1 saturated carbocycles. The Bertz CT molecular complexity index is 1460. The van der Waals surface area contributed by atoms with Crippen LogP contribution in [0.25, 0.3) is 10.3 Å². The van der Waals surface area contributed by atoms with Crippen molar-refractivity contribution in [2.75, 3.05) is 45.2 Å². The number of methoxy groups -OCH3 is 1. The van der Waals surface area contributed by atoms with Crippen LogP contribution in [0.2, 0.25) is 0 Å². The fraction of sp³-hybridized carbons (Fsp3) is 0.481. The molecule has 2 fully saturated rings. The largest absolute Gasteiger partial charge is 0.481 e. The molecule has 1 unspecified atom stereocenters. The summed E-state index contributed by atoms with van der Waals surface area (Å²) in [6, 6.07) is 10.1. The van der Waals surface area contributed by atoms with Crippen molar-refractivity contribution in [1.82, 2.24) is 19.2 Å². The van der Waals surface area contributed by atoms with E-state index >= 15 is 0 Å². The van der Waals surface area contributed by atoms with Crippen LogP contribution in [0, 0.1) is 5.92 Å². The van der Waals surface area contributed by atoms with Crippen LogP contribution in [-0.4, -0.2) is 84.4 Å². The van der Waals surface area contributed by atoms with Gasteiger partial charge >= 0.3 is 5.97 Å². The molecule has 1 amide bonds. The second-order valence-electron chi connectivity index (χ2n) is 10.3. The van der Waals surface area contributed by atoms with Crippen LogP contribution in [0.15, 0.2) is 41.3 Å². The molecule has 3 heterocycles.